The normalized spacial score (nSPS) is 20.1. The van der Waals surface area contributed by atoms with Crippen LogP contribution >= 0.6 is 0 Å². The topological polar surface area (TPSA) is 38.5 Å². The van der Waals surface area contributed by atoms with Crippen molar-refractivity contribution in [2.45, 2.75) is 19.5 Å². The molecule has 1 heterocycles. The molecule has 0 radical (unpaired) electrons. The van der Waals surface area contributed by atoms with Crippen molar-refractivity contribution in [3.05, 3.63) is 35.4 Å². The predicted octanol–water partition coefficient (Wildman–Crippen LogP) is 1.61. The summed E-state index contributed by atoms with van der Waals surface area (Å²) < 4.78 is 5.40. The summed E-state index contributed by atoms with van der Waals surface area (Å²) in [6.07, 6.45) is 1.20. The van der Waals surface area contributed by atoms with Gasteiger partial charge in [-0.15, -0.1) is 0 Å². The number of hydrogen-bond acceptors (Lipinski definition) is 3. The van der Waals surface area contributed by atoms with Crippen LogP contribution in [0.25, 0.3) is 0 Å². The zero-order chi connectivity index (χ0) is 12.1. The van der Waals surface area contributed by atoms with Gasteiger partial charge in [0, 0.05) is 26.2 Å². The summed E-state index contributed by atoms with van der Waals surface area (Å²) in [7, 11) is 2.17. The van der Waals surface area contributed by atoms with Gasteiger partial charge in [0.1, 0.15) is 0 Å². The summed E-state index contributed by atoms with van der Waals surface area (Å²) in [4.78, 5) is 2.37. The fraction of sp³-hybridized carbons (Fsp3) is 0.571. The first kappa shape index (κ1) is 12.6. The van der Waals surface area contributed by atoms with Gasteiger partial charge < -0.3 is 15.4 Å². The highest BCUT2D eigenvalue weighted by atomic mass is 16.5. The molecule has 3 nitrogen and oxygen atoms in total. The SMILES string of the molecule is CN(Cc1cccc(CN)c1)CC1CCOC1. The highest BCUT2D eigenvalue weighted by Crippen LogP contribution is 2.15. The Balaban J connectivity index is 1.85. The molecular weight excluding hydrogens is 212 g/mol. The number of hydrogen-bond donors (Lipinski definition) is 1. The van der Waals surface area contributed by atoms with Gasteiger partial charge in [-0.3, -0.25) is 0 Å². The Bertz CT molecular complexity index is 348. The minimum absolute atomic E-state index is 0.619. The van der Waals surface area contributed by atoms with Crippen molar-refractivity contribution in [1.82, 2.24) is 4.90 Å². The van der Waals surface area contributed by atoms with E-state index in [0.29, 0.717) is 12.5 Å². The Morgan fingerprint density at radius 2 is 2.24 bits per heavy atom. The molecule has 1 aliphatic heterocycles. The van der Waals surface area contributed by atoms with Crippen LogP contribution in [0, 0.1) is 5.92 Å². The lowest BCUT2D eigenvalue weighted by atomic mass is 10.1. The Hall–Kier alpha value is -0.900. The number of nitrogens with zero attached hydrogens (tertiary/aromatic N) is 1. The van der Waals surface area contributed by atoms with Gasteiger partial charge in [0.25, 0.3) is 0 Å². The van der Waals surface area contributed by atoms with Crippen molar-refractivity contribution in [1.29, 1.82) is 0 Å². The summed E-state index contributed by atoms with van der Waals surface area (Å²) in [6.45, 7) is 4.58. The standard InChI is InChI=1S/C14H22N2O/c1-16(10-14-5-6-17-11-14)9-13-4-2-3-12(7-13)8-15/h2-4,7,14H,5-6,8-11,15H2,1H3. The molecule has 2 rings (SSSR count). The van der Waals surface area contributed by atoms with Crippen molar-refractivity contribution >= 4 is 0 Å². The van der Waals surface area contributed by atoms with Gasteiger partial charge in [-0.25, -0.2) is 0 Å². The van der Waals surface area contributed by atoms with Crippen LogP contribution in [-0.2, 0) is 17.8 Å². The largest absolute Gasteiger partial charge is 0.381 e. The van der Waals surface area contributed by atoms with Gasteiger partial charge in [0.15, 0.2) is 0 Å². The number of nitrogens with two attached hydrogens (primary N) is 1. The first-order valence-electron chi connectivity index (χ1n) is 6.32. The summed E-state index contributed by atoms with van der Waals surface area (Å²) in [5, 5.41) is 0. The molecule has 17 heavy (non-hydrogen) atoms. The van der Waals surface area contributed by atoms with Crippen LogP contribution in [0.15, 0.2) is 24.3 Å². The lowest BCUT2D eigenvalue weighted by Crippen LogP contribution is -2.25. The van der Waals surface area contributed by atoms with E-state index in [1.807, 2.05) is 0 Å². The molecule has 1 unspecified atom stereocenters. The smallest absolute Gasteiger partial charge is 0.0507 e. The van der Waals surface area contributed by atoms with E-state index in [1.165, 1.54) is 17.5 Å². The Morgan fingerprint density at radius 3 is 2.94 bits per heavy atom. The molecule has 0 spiro atoms. The van der Waals surface area contributed by atoms with E-state index in [-0.39, 0.29) is 0 Å². The van der Waals surface area contributed by atoms with E-state index in [9.17, 15) is 0 Å². The predicted molar refractivity (Wildman–Crippen MR) is 69.6 cm³/mol. The van der Waals surface area contributed by atoms with Crippen LogP contribution in [-0.4, -0.2) is 31.7 Å². The monoisotopic (exact) mass is 234 g/mol. The fourth-order valence-corrected chi connectivity index (χ4v) is 2.40. The Labute approximate surface area is 104 Å². The molecule has 0 aromatic heterocycles. The van der Waals surface area contributed by atoms with Gasteiger partial charge in [-0.1, -0.05) is 24.3 Å². The van der Waals surface area contributed by atoms with E-state index >= 15 is 0 Å². The average molecular weight is 234 g/mol. The molecule has 0 amide bonds. The minimum atomic E-state index is 0.619. The molecule has 0 bridgehead atoms. The average Bonchev–Trinajstić information content (AvgIpc) is 2.82. The lowest BCUT2D eigenvalue weighted by Gasteiger charge is -2.20. The molecule has 0 aliphatic carbocycles. The zero-order valence-electron chi connectivity index (χ0n) is 10.6. The summed E-state index contributed by atoms with van der Waals surface area (Å²) >= 11 is 0. The maximum Gasteiger partial charge on any atom is 0.0507 e. The molecule has 1 saturated heterocycles. The van der Waals surface area contributed by atoms with Crippen molar-refractivity contribution in [2.24, 2.45) is 11.7 Å². The molecule has 3 heteroatoms. The minimum Gasteiger partial charge on any atom is -0.381 e. The number of benzene rings is 1. The second-order valence-corrected chi connectivity index (χ2v) is 4.95. The summed E-state index contributed by atoms with van der Waals surface area (Å²) in [5.74, 6) is 0.706. The van der Waals surface area contributed by atoms with Crippen LogP contribution < -0.4 is 5.73 Å². The first-order valence-corrected chi connectivity index (χ1v) is 6.32. The third-order valence-electron chi connectivity index (χ3n) is 3.27. The van der Waals surface area contributed by atoms with Crippen LogP contribution in [0.1, 0.15) is 17.5 Å². The fourth-order valence-electron chi connectivity index (χ4n) is 2.40. The maximum absolute atomic E-state index is 5.65. The van der Waals surface area contributed by atoms with E-state index < -0.39 is 0 Å². The van der Waals surface area contributed by atoms with Gasteiger partial charge >= 0.3 is 0 Å². The van der Waals surface area contributed by atoms with Gasteiger partial charge in [0.05, 0.1) is 6.61 Å². The molecule has 1 aromatic carbocycles. The van der Waals surface area contributed by atoms with Crippen LogP contribution in [0.5, 0.6) is 0 Å². The van der Waals surface area contributed by atoms with E-state index in [4.69, 9.17) is 10.5 Å². The summed E-state index contributed by atoms with van der Waals surface area (Å²) in [5.41, 5.74) is 8.20. The second kappa shape index (κ2) is 6.15. The lowest BCUT2D eigenvalue weighted by molar-refractivity contribution is 0.173. The molecule has 1 aliphatic rings. The van der Waals surface area contributed by atoms with Crippen LogP contribution in [0.4, 0.5) is 0 Å². The van der Waals surface area contributed by atoms with Gasteiger partial charge in [0.2, 0.25) is 0 Å². The van der Waals surface area contributed by atoms with Gasteiger partial charge in [-0.2, -0.15) is 0 Å². The Morgan fingerprint density at radius 1 is 1.41 bits per heavy atom. The summed E-state index contributed by atoms with van der Waals surface area (Å²) in [6, 6.07) is 8.53. The molecule has 2 N–H and O–H groups in total. The van der Waals surface area contributed by atoms with Gasteiger partial charge in [-0.05, 0) is 30.5 Å². The molecule has 94 valence electrons. The van der Waals surface area contributed by atoms with Crippen molar-refractivity contribution in [3.8, 4) is 0 Å². The number of ether oxygens (including phenoxy) is 1. The van der Waals surface area contributed by atoms with Crippen molar-refractivity contribution < 1.29 is 4.74 Å². The van der Waals surface area contributed by atoms with Crippen molar-refractivity contribution in [3.63, 3.8) is 0 Å². The molecular formula is C14H22N2O. The highest BCUT2D eigenvalue weighted by molar-refractivity contribution is 5.23. The Kier molecular flexibility index (Phi) is 4.54. The molecule has 1 atom stereocenters. The van der Waals surface area contributed by atoms with Crippen LogP contribution in [0.2, 0.25) is 0 Å². The zero-order valence-corrected chi connectivity index (χ0v) is 10.6. The van der Waals surface area contributed by atoms with Crippen LogP contribution in [0.3, 0.4) is 0 Å². The molecule has 1 aromatic rings. The first-order chi connectivity index (χ1) is 8.28. The molecule has 1 fully saturated rings. The number of rotatable bonds is 5. The quantitative estimate of drug-likeness (QED) is 0.841. The van der Waals surface area contributed by atoms with Crippen molar-refractivity contribution in [2.75, 3.05) is 26.8 Å². The third kappa shape index (κ3) is 3.80. The molecule has 0 saturated carbocycles. The third-order valence-corrected chi connectivity index (χ3v) is 3.27. The highest BCUT2D eigenvalue weighted by Gasteiger charge is 2.17. The van der Waals surface area contributed by atoms with E-state index in [2.05, 4.69) is 36.2 Å². The van der Waals surface area contributed by atoms with E-state index in [1.54, 1.807) is 0 Å². The maximum atomic E-state index is 5.65. The van der Waals surface area contributed by atoms with E-state index in [0.717, 1.165) is 26.3 Å². The second-order valence-electron chi connectivity index (χ2n) is 4.95.